The number of halogens is 6. The Hall–Kier alpha value is -1.68. The zero-order valence-electron chi connectivity index (χ0n) is 15.6. The highest BCUT2D eigenvalue weighted by Gasteiger charge is 2.72. The molecule has 27 heavy (non-hydrogen) atoms. The Morgan fingerprint density at radius 1 is 1.15 bits per heavy atom. The minimum Gasteiger partial charge on any atom is -0.381 e. The van der Waals surface area contributed by atoms with Gasteiger partial charge in [-0.2, -0.15) is 26.3 Å². The highest BCUT2D eigenvalue weighted by atomic mass is 19.4. The molecule has 10 heteroatoms. The van der Waals surface area contributed by atoms with E-state index in [2.05, 4.69) is 11.6 Å². The van der Waals surface area contributed by atoms with Crippen molar-refractivity contribution in [3.05, 3.63) is 23.8 Å². The Bertz CT molecular complexity index is 593. The van der Waals surface area contributed by atoms with E-state index in [9.17, 15) is 36.2 Å². The van der Waals surface area contributed by atoms with E-state index in [1.807, 2.05) is 0 Å². The van der Waals surface area contributed by atoms with Crippen molar-refractivity contribution in [2.45, 2.75) is 57.8 Å². The van der Waals surface area contributed by atoms with E-state index >= 15 is 0 Å². The molecule has 156 valence electrons. The van der Waals surface area contributed by atoms with Crippen LogP contribution in [-0.2, 0) is 9.53 Å². The number of hydrogen-bond donors (Lipinski definition) is 1. The molecule has 1 N–H and O–H groups in total. The largest absolute Gasteiger partial charge is 0.430 e. The first kappa shape index (κ1) is 25.3. The molecule has 0 rings (SSSR count). The summed E-state index contributed by atoms with van der Waals surface area (Å²) in [7, 11) is 1.35. The van der Waals surface area contributed by atoms with Crippen LogP contribution in [0.4, 0.5) is 26.3 Å². The van der Waals surface area contributed by atoms with Gasteiger partial charge >= 0.3 is 12.4 Å². The van der Waals surface area contributed by atoms with Crippen LogP contribution in [0.25, 0.3) is 0 Å². The van der Waals surface area contributed by atoms with Gasteiger partial charge in [-0.25, -0.2) is 0 Å². The molecule has 0 aromatic carbocycles. The lowest BCUT2D eigenvalue weighted by atomic mass is 9.89. The van der Waals surface area contributed by atoms with Gasteiger partial charge in [0.05, 0.1) is 12.1 Å². The maximum atomic E-state index is 13.0. The van der Waals surface area contributed by atoms with E-state index in [1.165, 1.54) is 7.11 Å². The molecule has 0 aromatic heterocycles. The number of carbonyl (C=O) groups is 1. The average Bonchev–Trinajstić information content (AvgIpc) is 2.54. The maximum Gasteiger partial charge on any atom is 0.430 e. The van der Waals surface area contributed by atoms with Crippen molar-refractivity contribution in [2.75, 3.05) is 7.11 Å². The first-order chi connectivity index (χ1) is 12.1. The lowest BCUT2D eigenvalue weighted by Gasteiger charge is -2.33. The molecular weight excluding hydrogens is 380 g/mol. The monoisotopic (exact) mass is 403 g/mol. The third kappa shape index (κ3) is 5.41. The highest BCUT2D eigenvalue weighted by Crippen LogP contribution is 2.47. The zero-order chi connectivity index (χ0) is 21.8. The number of allylic oxidation sites excluding steroid dienone is 1. The smallest absolute Gasteiger partial charge is 0.381 e. The van der Waals surface area contributed by atoms with Crippen LogP contribution in [0.2, 0.25) is 0 Å². The molecule has 0 radical (unpaired) electrons. The number of rotatable bonds is 8. The van der Waals surface area contributed by atoms with Crippen molar-refractivity contribution in [1.29, 1.82) is 0 Å². The predicted octanol–water partition coefficient (Wildman–Crippen LogP) is 4.04. The third-order valence-corrected chi connectivity index (χ3v) is 4.34. The van der Waals surface area contributed by atoms with Gasteiger partial charge in [-0.05, 0) is 20.8 Å². The summed E-state index contributed by atoms with van der Waals surface area (Å²) in [6.45, 7) is 8.71. The Kier molecular flexibility index (Phi) is 8.45. The standard InChI is InChI=1S/C17H23F6NO3/c1-7-13(15(26,16(18,19)20)17(21,22)23)8-24-14(9(2)11(4)25)10(3)12(5)27-6/h7-8,10,12,14,26H,2H2,1,3-6H3/b13-7+,24-8?/t10-,12-,14?/m0/s1. The second kappa shape index (κ2) is 9.01. The van der Waals surface area contributed by atoms with Gasteiger partial charge < -0.3 is 9.84 Å². The van der Waals surface area contributed by atoms with E-state index in [-0.39, 0.29) is 11.8 Å². The number of aliphatic imine (C=N–C) groups is 1. The van der Waals surface area contributed by atoms with Crippen LogP contribution >= 0.6 is 0 Å². The molecular formula is C17H23F6NO3. The molecule has 0 aromatic rings. The van der Waals surface area contributed by atoms with E-state index in [4.69, 9.17) is 4.74 Å². The normalized spacial score (nSPS) is 17.7. The number of methoxy groups -OCH3 is 1. The van der Waals surface area contributed by atoms with Crippen LogP contribution in [0.15, 0.2) is 28.8 Å². The molecule has 0 aliphatic carbocycles. The van der Waals surface area contributed by atoms with Gasteiger partial charge in [0.25, 0.3) is 5.60 Å². The molecule has 0 spiro atoms. The molecule has 0 saturated heterocycles. The second-order valence-corrected chi connectivity index (χ2v) is 6.05. The summed E-state index contributed by atoms with van der Waals surface area (Å²) < 4.78 is 83.2. The second-order valence-electron chi connectivity index (χ2n) is 6.05. The minimum atomic E-state index is -6.03. The van der Waals surface area contributed by atoms with E-state index < -0.39 is 47.4 Å². The number of ketones is 1. The Morgan fingerprint density at radius 2 is 1.59 bits per heavy atom. The first-order valence-corrected chi connectivity index (χ1v) is 7.84. The number of alkyl halides is 6. The summed E-state index contributed by atoms with van der Waals surface area (Å²) in [6, 6.07) is -1.14. The van der Waals surface area contributed by atoms with Crippen molar-refractivity contribution < 1.29 is 41.0 Å². The summed E-state index contributed by atoms with van der Waals surface area (Å²) in [5, 5.41) is 9.48. The molecule has 0 fully saturated rings. The highest BCUT2D eigenvalue weighted by molar-refractivity contribution is 5.94. The molecule has 4 nitrogen and oxygen atoms in total. The third-order valence-electron chi connectivity index (χ3n) is 4.34. The van der Waals surface area contributed by atoms with E-state index in [0.717, 1.165) is 13.8 Å². The fourth-order valence-electron chi connectivity index (χ4n) is 2.25. The van der Waals surface area contributed by atoms with E-state index in [1.54, 1.807) is 13.8 Å². The van der Waals surface area contributed by atoms with Gasteiger partial charge in [-0.3, -0.25) is 9.79 Å². The van der Waals surface area contributed by atoms with Gasteiger partial charge in [0.1, 0.15) is 0 Å². The number of aliphatic hydroxyl groups is 1. The van der Waals surface area contributed by atoms with E-state index in [0.29, 0.717) is 6.08 Å². The molecule has 0 aliphatic rings. The summed E-state index contributed by atoms with van der Waals surface area (Å²) in [5.41, 5.74) is -6.72. The van der Waals surface area contributed by atoms with Crippen LogP contribution < -0.4 is 0 Å². The number of nitrogens with zero attached hydrogens (tertiary/aromatic N) is 1. The van der Waals surface area contributed by atoms with Crippen LogP contribution in [0.1, 0.15) is 27.7 Å². The molecule has 1 unspecified atom stereocenters. The molecule has 0 saturated carbocycles. The Labute approximate surface area is 153 Å². The quantitative estimate of drug-likeness (QED) is 0.378. The fraction of sp³-hybridized carbons (Fsp3) is 0.647. The number of ether oxygens (including phenoxy) is 1. The molecule has 0 aliphatic heterocycles. The zero-order valence-corrected chi connectivity index (χ0v) is 15.6. The predicted molar refractivity (Wildman–Crippen MR) is 88.6 cm³/mol. The van der Waals surface area contributed by atoms with Crippen LogP contribution in [0.3, 0.4) is 0 Å². The maximum absolute atomic E-state index is 13.0. The van der Waals surface area contributed by atoms with Crippen molar-refractivity contribution in [2.24, 2.45) is 10.9 Å². The number of carbonyl (C=O) groups excluding carboxylic acids is 1. The lowest BCUT2D eigenvalue weighted by Crippen LogP contribution is -2.58. The van der Waals surface area contributed by atoms with Crippen molar-refractivity contribution >= 4 is 12.0 Å². The Balaban J connectivity index is 6.22. The number of Topliss-reactive ketones (excluding diaryl/α,β-unsaturated/α-hetero) is 1. The molecule has 0 heterocycles. The molecule has 0 bridgehead atoms. The van der Waals surface area contributed by atoms with Gasteiger partial charge in [0.15, 0.2) is 5.78 Å². The van der Waals surface area contributed by atoms with Crippen molar-refractivity contribution in [3.63, 3.8) is 0 Å². The lowest BCUT2D eigenvalue weighted by molar-refractivity contribution is -0.350. The molecule has 0 amide bonds. The summed E-state index contributed by atoms with van der Waals surface area (Å²) in [4.78, 5) is 15.3. The first-order valence-electron chi connectivity index (χ1n) is 7.84. The SMILES string of the molecule is C=C(C(C)=O)C(N=C/C(=C\C)C(O)(C(F)(F)F)C(F)(F)F)[C@@H](C)[C@H](C)OC. The van der Waals surface area contributed by atoms with Crippen LogP contribution in [0.5, 0.6) is 0 Å². The van der Waals surface area contributed by atoms with Gasteiger partial charge in [0, 0.05) is 30.4 Å². The van der Waals surface area contributed by atoms with Gasteiger partial charge in [-0.1, -0.05) is 19.6 Å². The van der Waals surface area contributed by atoms with Crippen molar-refractivity contribution in [3.8, 4) is 0 Å². The topological polar surface area (TPSA) is 58.9 Å². The van der Waals surface area contributed by atoms with Gasteiger partial charge in [0.2, 0.25) is 0 Å². The Morgan fingerprint density at radius 3 is 1.89 bits per heavy atom. The fourth-order valence-corrected chi connectivity index (χ4v) is 2.25. The molecule has 3 atom stereocenters. The van der Waals surface area contributed by atoms with Crippen LogP contribution in [-0.4, -0.2) is 54.3 Å². The minimum absolute atomic E-state index is 0.110. The van der Waals surface area contributed by atoms with Crippen molar-refractivity contribution in [1.82, 2.24) is 0 Å². The van der Waals surface area contributed by atoms with Gasteiger partial charge in [-0.15, -0.1) is 0 Å². The average molecular weight is 403 g/mol. The van der Waals surface area contributed by atoms with Crippen LogP contribution in [0, 0.1) is 5.92 Å². The number of hydrogen-bond acceptors (Lipinski definition) is 4. The summed E-state index contributed by atoms with van der Waals surface area (Å²) in [5.74, 6) is -1.12. The summed E-state index contributed by atoms with van der Waals surface area (Å²) in [6.07, 6.45) is -11.8. The summed E-state index contributed by atoms with van der Waals surface area (Å²) >= 11 is 0.